The Balaban J connectivity index is 4.42. The van der Waals surface area contributed by atoms with Gasteiger partial charge in [0.15, 0.2) is 0 Å². The molecule has 0 aliphatic carbocycles. The third-order valence-electron chi connectivity index (χ3n) is 11.5. The zero-order valence-corrected chi connectivity index (χ0v) is 41.5. The van der Waals surface area contributed by atoms with Crippen molar-refractivity contribution in [2.24, 2.45) is 0 Å². The molecule has 0 atom stereocenters. The molecule has 0 aromatic rings. The van der Waals surface area contributed by atoms with Gasteiger partial charge in [0.1, 0.15) is 0 Å². The summed E-state index contributed by atoms with van der Waals surface area (Å²) in [6.45, 7) is 6.78. The molecule has 0 bridgehead atoms. The maximum absolute atomic E-state index is 12.8. The Bertz CT molecular complexity index is 910. The highest BCUT2D eigenvalue weighted by Gasteiger charge is 2.27. The van der Waals surface area contributed by atoms with Crippen LogP contribution in [0.3, 0.4) is 0 Å². The summed E-state index contributed by atoms with van der Waals surface area (Å²) in [7, 11) is -2.38. The molecule has 0 aliphatic heterocycles. The smallest absolute Gasteiger partial charge is 0.375 e. The molecule has 0 heterocycles. The topological polar surface area (TPSA) is 78.9 Å². The van der Waals surface area contributed by atoms with Crippen molar-refractivity contribution < 1.29 is 28.0 Å². The van der Waals surface area contributed by atoms with E-state index in [-0.39, 0.29) is 19.3 Å². The largest absolute Gasteiger partial charge is 0.537 e. The third kappa shape index (κ3) is 48.9. The van der Waals surface area contributed by atoms with Gasteiger partial charge in [-0.2, -0.15) is 0 Å². The number of unbranched alkanes of at least 4 members (excludes halogenated alkanes) is 33. The summed E-state index contributed by atoms with van der Waals surface area (Å²) in [5.74, 6) is -1.40. The van der Waals surface area contributed by atoms with Crippen LogP contribution >= 0.6 is 8.60 Å². The number of hydrogen-bond acceptors (Lipinski definition) is 6. The minimum atomic E-state index is -2.38. The predicted octanol–water partition coefficient (Wildman–Crippen LogP) is 19.0. The zero-order valence-electron chi connectivity index (χ0n) is 40.6. The van der Waals surface area contributed by atoms with E-state index in [1.54, 1.807) is 0 Å². The van der Waals surface area contributed by atoms with Crippen LogP contribution in [0.25, 0.3) is 0 Å². The Labute approximate surface area is 380 Å². The van der Waals surface area contributed by atoms with Crippen LogP contribution in [0.2, 0.25) is 0 Å². The minimum Gasteiger partial charge on any atom is -0.375 e. The van der Waals surface area contributed by atoms with Crippen molar-refractivity contribution in [3.8, 4) is 0 Å². The molecule has 0 aromatic carbocycles. The van der Waals surface area contributed by atoms with E-state index in [4.69, 9.17) is 13.6 Å². The summed E-state index contributed by atoms with van der Waals surface area (Å²) >= 11 is 0. The summed E-state index contributed by atoms with van der Waals surface area (Å²) in [6, 6.07) is 0. The van der Waals surface area contributed by atoms with E-state index < -0.39 is 26.5 Å². The molecule has 0 saturated heterocycles. The lowest BCUT2D eigenvalue weighted by molar-refractivity contribution is -0.142. The first-order valence-corrected chi connectivity index (χ1v) is 27.5. The van der Waals surface area contributed by atoms with Gasteiger partial charge in [-0.05, 0) is 96.3 Å². The fourth-order valence-corrected chi connectivity index (χ4v) is 8.35. The van der Waals surface area contributed by atoms with E-state index in [1.807, 2.05) is 0 Å². The summed E-state index contributed by atoms with van der Waals surface area (Å²) in [6.07, 6.45) is 60.8. The van der Waals surface area contributed by atoms with Crippen LogP contribution in [0.5, 0.6) is 0 Å². The quantitative estimate of drug-likeness (QED) is 0.0344. The second kappa shape index (κ2) is 50.7. The van der Waals surface area contributed by atoms with Crippen LogP contribution in [-0.4, -0.2) is 17.9 Å². The van der Waals surface area contributed by atoms with Crippen LogP contribution in [0.4, 0.5) is 0 Å². The van der Waals surface area contributed by atoms with Crippen LogP contribution in [0, 0.1) is 0 Å². The van der Waals surface area contributed by atoms with Crippen LogP contribution in [0.15, 0.2) is 36.5 Å². The molecule has 0 spiro atoms. The normalized spacial score (nSPS) is 12.2. The highest BCUT2D eigenvalue weighted by Crippen LogP contribution is 2.41. The fraction of sp³-hybridized carbons (Fsp3) is 0.833. The number of carbonyl (C=O) groups is 3. The van der Waals surface area contributed by atoms with Gasteiger partial charge in [0.25, 0.3) is 0 Å². The second-order valence-electron chi connectivity index (χ2n) is 17.6. The van der Waals surface area contributed by atoms with Crippen molar-refractivity contribution >= 4 is 26.5 Å². The maximum atomic E-state index is 12.8. The third-order valence-corrected chi connectivity index (χ3v) is 12.5. The molecule has 0 radical (unpaired) electrons. The van der Waals surface area contributed by atoms with Gasteiger partial charge >= 0.3 is 26.5 Å². The van der Waals surface area contributed by atoms with Gasteiger partial charge in [-0.25, -0.2) is 0 Å². The molecule has 0 saturated carbocycles. The van der Waals surface area contributed by atoms with Gasteiger partial charge in [0.2, 0.25) is 0 Å². The van der Waals surface area contributed by atoms with Crippen LogP contribution in [0.1, 0.15) is 290 Å². The monoisotopic (exact) mass is 875 g/mol. The van der Waals surface area contributed by atoms with E-state index in [1.165, 1.54) is 154 Å². The summed E-state index contributed by atoms with van der Waals surface area (Å²) in [5.41, 5.74) is 0. The molecule has 0 fully saturated rings. The van der Waals surface area contributed by atoms with Crippen molar-refractivity contribution in [2.45, 2.75) is 290 Å². The van der Waals surface area contributed by atoms with Gasteiger partial charge in [-0.1, -0.05) is 211 Å². The molecule has 0 N–H and O–H groups in total. The van der Waals surface area contributed by atoms with Crippen molar-refractivity contribution in [3.05, 3.63) is 36.5 Å². The van der Waals surface area contributed by atoms with E-state index in [9.17, 15) is 14.4 Å². The first-order valence-electron chi connectivity index (χ1n) is 26.4. The van der Waals surface area contributed by atoms with Gasteiger partial charge in [0, 0.05) is 19.3 Å². The van der Waals surface area contributed by atoms with E-state index in [2.05, 4.69) is 57.2 Å². The molecule has 6 nitrogen and oxygen atoms in total. The highest BCUT2D eigenvalue weighted by molar-refractivity contribution is 7.43. The summed E-state index contributed by atoms with van der Waals surface area (Å²) in [5, 5.41) is 0. The summed E-state index contributed by atoms with van der Waals surface area (Å²) < 4.78 is 16.5. The average Bonchev–Trinajstić information content (AvgIpc) is 3.25. The van der Waals surface area contributed by atoms with E-state index in [0.29, 0.717) is 19.3 Å². The SMILES string of the molecule is CCCCCCCCC=CCCCCCCCC(=O)OP(OC(=O)CCCCCCCC=CCCCCCCCC)OC(=O)CCCCCCCC=CCCCCCCCC. The molecule has 0 aromatic heterocycles. The number of hydrogen-bond donors (Lipinski definition) is 0. The molecular formula is C54H99O6P. The van der Waals surface area contributed by atoms with E-state index in [0.717, 1.165) is 77.0 Å². The van der Waals surface area contributed by atoms with Crippen molar-refractivity contribution in [2.75, 3.05) is 0 Å². The van der Waals surface area contributed by atoms with Crippen molar-refractivity contribution in [1.82, 2.24) is 0 Å². The lowest BCUT2D eigenvalue weighted by atomic mass is 10.1. The number of rotatable bonds is 48. The lowest BCUT2D eigenvalue weighted by Crippen LogP contribution is -2.11. The molecule has 7 heteroatoms. The standard InChI is InChI=1S/C54H99O6P/c1-4-7-10-13-16-19-22-25-28-31-34-37-40-43-46-49-52(55)58-61(59-53(56)50-47-44-41-38-35-32-29-26-23-20-17-14-11-8-5-2)60-54(57)51-48-45-42-39-36-33-30-27-24-21-18-15-12-9-6-3/h25-30H,4-24,31-51H2,1-3H3. The van der Waals surface area contributed by atoms with Gasteiger partial charge < -0.3 is 13.6 Å². The second-order valence-corrected chi connectivity index (χ2v) is 18.6. The maximum Gasteiger partial charge on any atom is 0.537 e. The Kier molecular flexibility index (Phi) is 49.1. The zero-order chi connectivity index (χ0) is 44.4. The lowest BCUT2D eigenvalue weighted by Gasteiger charge is -2.15. The van der Waals surface area contributed by atoms with Crippen LogP contribution in [-0.2, 0) is 28.0 Å². The molecule has 0 aliphatic rings. The van der Waals surface area contributed by atoms with Crippen LogP contribution < -0.4 is 0 Å². The first kappa shape index (κ1) is 59.1. The van der Waals surface area contributed by atoms with Crippen molar-refractivity contribution in [1.29, 1.82) is 0 Å². The van der Waals surface area contributed by atoms with Gasteiger partial charge in [0.05, 0.1) is 0 Å². The Morgan fingerprint density at radius 1 is 0.279 bits per heavy atom. The number of allylic oxidation sites excluding steroid dienone is 6. The Morgan fingerprint density at radius 2 is 0.459 bits per heavy atom. The average molecular weight is 875 g/mol. The first-order chi connectivity index (χ1) is 30.0. The molecule has 0 unspecified atom stereocenters. The minimum absolute atomic E-state index is 0.231. The summed E-state index contributed by atoms with van der Waals surface area (Å²) in [4.78, 5) is 38.3. The predicted molar refractivity (Wildman–Crippen MR) is 264 cm³/mol. The molecule has 61 heavy (non-hydrogen) atoms. The fourth-order valence-electron chi connectivity index (χ4n) is 7.46. The number of carbonyl (C=O) groups excluding carboxylic acids is 3. The van der Waals surface area contributed by atoms with Gasteiger partial charge in [-0.15, -0.1) is 0 Å². The molecular weight excluding hydrogens is 776 g/mol. The van der Waals surface area contributed by atoms with Gasteiger partial charge in [-0.3, -0.25) is 14.4 Å². The molecule has 0 amide bonds. The van der Waals surface area contributed by atoms with Crippen molar-refractivity contribution in [3.63, 3.8) is 0 Å². The molecule has 356 valence electrons. The molecule has 0 rings (SSSR count). The Hall–Kier alpha value is -1.94. The Morgan fingerprint density at radius 3 is 0.672 bits per heavy atom. The van der Waals surface area contributed by atoms with E-state index >= 15 is 0 Å². The highest BCUT2D eigenvalue weighted by atomic mass is 31.2.